The van der Waals surface area contributed by atoms with Crippen LogP contribution in [0.15, 0.2) is 34.7 Å². The van der Waals surface area contributed by atoms with Gasteiger partial charge in [0.2, 0.25) is 11.5 Å². The third kappa shape index (κ3) is 2.06. The van der Waals surface area contributed by atoms with Crippen molar-refractivity contribution in [1.82, 2.24) is 9.97 Å². The molecule has 2 aromatic heterocycles. The Bertz CT molecular complexity index is 760. The zero-order chi connectivity index (χ0) is 13.4. The van der Waals surface area contributed by atoms with Crippen molar-refractivity contribution in [3.63, 3.8) is 0 Å². The Kier molecular flexibility index (Phi) is 2.52. The van der Waals surface area contributed by atoms with Crippen molar-refractivity contribution in [1.29, 1.82) is 0 Å². The molecule has 0 aliphatic rings. The van der Waals surface area contributed by atoms with Crippen LogP contribution in [0.25, 0.3) is 22.4 Å². The molecule has 0 bridgehead atoms. The number of rotatable bonds is 2. The highest BCUT2D eigenvalue weighted by Gasteiger charge is 2.11. The van der Waals surface area contributed by atoms with E-state index in [9.17, 15) is 4.79 Å². The third-order valence-corrected chi connectivity index (χ3v) is 2.76. The molecule has 1 radical (unpaired) electrons. The minimum atomic E-state index is -0.702. The van der Waals surface area contributed by atoms with E-state index in [0.29, 0.717) is 16.9 Å². The molecule has 1 amide bonds. The highest BCUT2D eigenvalue weighted by Crippen LogP contribution is 2.26. The van der Waals surface area contributed by atoms with Crippen molar-refractivity contribution in [2.24, 2.45) is 5.73 Å². The summed E-state index contributed by atoms with van der Waals surface area (Å²) >= 11 is 0. The monoisotopic (exact) mass is 252 g/mol. The number of nitrogens with two attached hydrogens (primary N) is 1. The summed E-state index contributed by atoms with van der Waals surface area (Å²) in [6.45, 7) is 2.01. The van der Waals surface area contributed by atoms with Crippen LogP contribution < -0.4 is 5.73 Å². The van der Waals surface area contributed by atoms with Gasteiger partial charge < -0.3 is 10.2 Å². The molecule has 0 saturated heterocycles. The summed E-state index contributed by atoms with van der Waals surface area (Å²) in [5.74, 6) is -0.147. The smallest absolute Gasteiger partial charge is 0.286 e. The Morgan fingerprint density at radius 2 is 2.05 bits per heavy atom. The second-order valence-corrected chi connectivity index (χ2v) is 4.22. The highest BCUT2D eigenvalue weighted by atomic mass is 16.3. The Morgan fingerprint density at radius 1 is 1.32 bits per heavy atom. The van der Waals surface area contributed by atoms with Crippen molar-refractivity contribution in [3.8, 4) is 11.3 Å². The molecule has 5 nitrogen and oxygen atoms in total. The fourth-order valence-electron chi connectivity index (χ4n) is 1.75. The van der Waals surface area contributed by atoms with E-state index in [4.69, 9.17) is 10.2 Å². The summed E-state index contributed by atoms with van der Waals surface area (Å²) in [6, 6.07) is 9.68. The van der Waals surface area contributed by atoms with Crippen molar-refractivity contribution in [2.45, 2.75) is 6.92 Å². The maximum Gasteiger partial charge on any atom is 0.286 e. The number of aromatic nitrogens is 2. The lowest BCUT2D eigenvalue weighted by Gasteiger charge is -1.96. The van der Waals surface area contributed by atoms with Gasteiger partial charge >= 0.3 is 0 Å². The van der Waals surface area contributed by atoms with Gasteiger partial charge in [0, 0.05) is 5.56 Å². The number of furan rings is 1. The van der Waals surface area contributed by atoms with Gasteiger partial charge in [-0.05, 0) is 13.0 Å². The number of carbonyl (C=O) groups is 1. The topological polar surface area (TPSA) is 82.0 Å². The fourth-order valence-corrected chi connectivity index (χ4v) is 1.75. The van der Waals surface area contributed by atoms with Gasteiger partial charge in [-0.25, -0.2) is 4.98 Å². The zero-order valence-corrected chi connectivity index (χ0v) is 10.2. The molecule has 1 aromatic carbocycles. The van der Waals surface area contributed by atoms with E-state index in [1.54, 1.807) is 6.07 Å². The molecule has 0 atom stereocenters. The number of aryl methyl sites for hydroxylation is 1. The standard InChI is InChI=1S/C14H10N3O2/c1-8-2-4-9(5-3-8)11-6-10-7-16-13(12(15)18)17-14(10)19-11/h2-6H,1H3,(H2,15,18). The van der Waals surface area contributed by atoms with E-state index in [0.717, 1.165) is 5.56 Å². The van der Waals surface area contributed by atoms with Crippen LogP contribution in [0, 0.1) is 13.1 Å². The molecular weight excluding hydrogens is 242 g/mol. The summed E-state index contributed by atoms with van der Waals surface area (Å²) in [5, 5.41) is 0.612. The molecule has 0 spiro atoms. The minimum absolute atomic E-state index is 0.0997. The largest absolute Gasteiger partial charge is 0.438 e. The van der Waals surface area contributed by atoms with E-state index in [2.05, 4.69) is 16.2 Å². The summed E-state index contributed by atoms with van der Waals surface area (Å²) < 4.78 is 5.59. The molecule has 0 aliphatic carbocycles. The van der Waals surface area contributed by atoms with Gasteiger partial charge in [0.1, 0.15) is 12.0 Å². The number of hydrogen-bond acceptors (Lipinski definition) is 4. The number of primary amides is 1. The quantitative estimate of drug-likeness (QED) is 0.757. The first-order valence-electron chi connectivity index (χ1n) is 5.69. The summed E-state index contributed by atoms with van der Waals surface area (Å²) in [6.07, 6.45) is 2.70. The summed E-state index contributed by atoms with van der Waals surface area (Å²) in [4.78, 5) is 18.7. The predicted octanol–water partition coefficient (Wildman–Crippen LogP) is 2.10. The second-order valence-electron chi connectivity index (χ2n) is 4.22. The van der Waals surface area contributed by atoms with E-state index in [-0.39, 0.29) is 5.82 Å². The number of benzene rings is 1. The first kappa shape index (κ1) is 11.4. The highest BCUT2D eigenvalue weighted by molar-refractivity contribution is 5.90. The molecule has 3 rings (SSSR count). The average Bonchev–Trinajstić information content (AvgIpc) is 2.82. The molecule has 0 saturated carbocycles. The number of hydrogen-bond donors (Lipinski definition) is 1. The van der Waals surface area contributed by atoms with E-state index in [1.807, 2.05) is 31.2 Å². The number of amides is 1. The van der Waals surface area contributed by atoms with Crippen molar-refractivity contribution < 1.29 is 9.21 Å². The van der Waals surface area contributed by atoms with Gasteiger partial charge in [-0.15, -0.1) is 0 Å². The number of fused-ring (bicyclic) bond motifs is 1. The lowest BCUT2D eigenvalue weighted by Crippen LogP contribution is -2.14. The fraction of sp³-hybridized carbons (Fsp3) is 0.0714. The lowest BCUT2D eigenvalue weighted by atomic mass is 10.1. The van der Waals surface area contributed by atoms with E-state index in [1.165, 1.54) is 5.56 Å². The molecule has 0 fully saturated rings. The van der Waals surface area contributed by atoms with Crippen LogP contribution in [-0.2, 0) is 0 Å². The van der Waals surface area contributed by atoms with E-state index >= 15 is 0 Å². The molecular formula is C14H10N3O2. The summed E-state index contributed by atoms with van der Waals surface area (Å²) in [5.41, 5.74) is 7.52. The lowest BCUT2D eigenvalue weighted by molar-refractivity contribution is 0.0990. The van der Waals surface area contributed by atoms with Crippen molar-refractivity contribution in [2.75, 3.05) is 0 Å². The average molecular weight is 252 g/mol. The van der Waals surface area contributed by atoms with Crippen LogP contribution in [0.2, 0.25) is 0 Å². The first-order valence-corrected chi connectivity index (χ1v) is 5.69. The predicted molar refractivity (Wildman–Crippen MR) is 69.3 cm³/mol. The van der Waals surface area contributed by atoms with Gasteiger partial charge in [-0.1, -0.05) is 29.8 Å². The van der Waals surface area contributed by atoms with Crippen LogP contribution in [-0.4, -0.2) is 15.9 Å². The Hall–Kier alpha value is -2.69. The first-order chi connectivity index (χ1) is 9.13. The van der Waals surface area contributed by atoms with Crippen molar-refractivity contribution in [3.05, 3.63) is 47.9 Å². The molecule has 2 heterocycles. The molecule has 93 valence electrons. The van der Waals surface area contributed by atoms with Gasteiger partial charge in [-0.3, -0.25) is 4.79 Å². The third-order valence-electron chi connectivity index (χ3n) is 2.76. The van der Waals surface area contributed by atoms with Gasteiger partial charge in [0.25, 0.3) is 5.91 Å². The molecule has 19 heavy (non-hydrogen) atoms. The van der Waals surface area contributed by atoms with Crippen molar-refractivity contribution >= 4 is 17.0 Å². The summed E-state index contributed by atoms with van der Waals surface area (Å²) in [7, 11) is 0. The number of nitrogens with zero attached hydrogens (tertiary/aromatic N) is 2. The van der Waals surface area contributed by atoms with Crippen LogP contribution in [0.3, 0.4) is 0 Å². The van der Waals surface area contributed by atoms with Crippen LogP contribution in [0.1, 0.15) is 16.2 Å². The molecule has 2 N–H and O–H groups in total. The maximum absolute atomic E-state index is 11.0. The van der Waals surface area contributed by atoms with Gasteiger partial charge in [0.15, 0.2) is 0 Å². The number of carbonyl (C=O) groups excluding carboxylic acids is 1. The maximum atomic E-state index is 11.0. The molecule has 5 heteroatoms. The Labute approximate surface area is 109 Å². The zero-order valence-electron chi connectivity index (χ0n) is 10.2. The molecule has 0 unspecified atom stereocenters. The Balaban J connectivity index is 2.11. The van der Waals surface area contributed by atoms with Gasteiger partial charge in [0.05, 0.1) is 5.39 Å². The Morgan fingerprint density at radius 3 is 2.74 bits per heavy atom. The second kappa shape index (κ2) is 4.20. The van der Waals surface area contributed by atoms with Crippen LogP contribution >= 0.6 is 0 Å². The van der Waals surface area contributed by atoms with Crippen LogP contribution in [0.4, 0.5) is 0 Å². The molecule has 3 aromatic rings. The van der Waals surface area contributed by atoms with Gasteiger partial charge in [-0.2, -0.15) is 4.98 Å². The molecule has 0 aliphatic heterocycles. The van der Waals surface area contributed by atoms with Crippen LogP contribution in [0.5, 0.6) is 0 Å². The SMILES string of the molecule is Cc1ccc(-c2cc3[c]nc(C(N)=O)nc3o2)cc1. The minimum Gasteiger partial charge on any atom is -0.438 e. The normalized spacial score (nSPS) is 10.8. The van der Waals surface area contributed by atoms with E-state index < -0.39 is 5.91 Å².